The van der Waals surface area contributed by atoms with Gasteiger partial charge in [-0.05, 0) is 43.0 Å². The molecule has 1 aliphatic carbocycles. The normalized spacial score (nSPS) is 23.5. The van der Waals surface area contributed by atoms with Gasteiger partial charge in [0.05, 0.1) is 12.8 Å². The third-order valence-electron chi connectivity index (χ3n) is 3.96. The Balaban J connectivity index is 1.90. The average molecular weight is 294 g/mol. The Morgan fingerprint density at radius 2 is 2.11 bits per heavy atom. The fraction of sp³-hybridized carbons (Fsp3) is 0.571. The largest absolute Gasteiger partial charge is 0.497 e. The van der Waals surface area contributed by atoms with E-state index >= 15 is 0 Å². The van der Waals surface area contributed by atoms with Gasteiger partial charge in [-0.25, -0.2) is 0 Å². The lowest BCUT2D eigenvalue weighted by Gasteiger charge is -2.35. The van der Waals surface area contributed by atoms with Gasteiger partial charge in [0.2, 0.25) is 0 Å². The first-order chi connectivity index (χ1) is 9.33. The number of hydrogen-bond donors (Lipinski definition) is 0. The van der Waals surface area contributed by atoms with Crippen LogP contribution in [0.5, 0.6) is 5.75 Å². The minimum absolute atomic E-state index is 0.0882. The van der Waals surface area contributed by atoms with Crippen LogP contribution in [0, 0.1) is 0 Å². The van der Waals surface area contributed by atoms with Crippen molar-refractivity contribution < 1.29 is 4.74 Å². The van der Waals surface area contributed by atoms with Gasteiger partial charge in [-0.2, -0.15) is 0 Å². The van der Waals surface area contributed by atoms with Crippen LogP contribution in [0.3, 0.4) is 0 Å². The van der Waals surface area contributed by atoms with Crippen LogP contribution in [-0.4, -0.2) is 17.9 Å². The van der Waals surface area contributed by atoms with Crippen molar-refractivity contribution in [2.45, 2.75) is 47.7 Å². The van der Waals surface area contributed by atoms with Crippen LogP contribution >= 0.6 is 23.7 Å². The molecule has 0 spiro atoms. The van der Waals surface area contributed by atoms with E-state index < -0.39 is 0 Å². The molecule has 1 saturated carbocycles. The first-order valence-electron chi connectivity index (χ1n) is 6.77. The number of nitrogens with zero attached hydrogens (tertiary/aromatic N) is 2. The van der Waals surface area contributed by atoms with Gasteiger partial charge in [0.25, 0.3) is 0 Å². The molecule has 2 aliphatic rings. The van der Waals surface area contributed by atoms with Crippen molar-refractivity contribution >= 4 is 29.4 Å². The van der Waals surface area contributed by atoms with E-state index in [0.29, 0.717) is 6.04 Å². The number of methoxy groups -OCH3 is 1. The van der Waals surface area contributed by atoms with Gasteiger partial charge < -0.3 is 9.64 Å². The number of benzene rings is 1. The van der Waals surface area contributed by atoms with Crippen LogP contribution in [-0.2, 0) is 0 Å². The lowest BCUT2D eigenvalue weighted by Crippen LogP contribution is -2.39. The van der Waals surface area contributed by atoms with Crippen molar-refractivity contribution in [2.24, 2.45) is 0 Å². The van der Waals surface area contributed by atoms with E-state index in [1.165, 1.54) is 42.7 Å². The Morgan fingerprint density at radius 3 is 2.79 bits per heavy atom. The van der Waals surface area contributed by atoms with Crippen molar-refractivity contribution in [3.05, 3.63) is 18.2 Å². The first-order valence-corrected chi connectivity index (χ1v) is 8.48. The topological polar surface area (TPSA) is 34.8 Å². The standard InChI is InChI=1S/C14H18N2OS2/c1-17-11-7-8-12-13(9-11)18-14(19-15)16(12)10-5-3-2-4-6-10/h7-10,14H,2-6H2,1H3. The molecule has 5 heteroatoms. The highest BCUT2D eigenvalue weighted by atomic mass is 32.2. The molecule has 0 saturated heterocycles. The number of rotatable bonds is 3. The molecule has 1 unspecified atom stereocenters. The van der Waals surface area contributed by atoms with Gasteiger partial charge in [-0.1, -0.05) is 36.2 Å². The third-order valence-corrected chi connectivity index (χ3v) is 5.92. The highest BCUT2D eigenvalue weighted by Crippen LogP contribution is 2.50. The van der Waals surface area contributed by atoms with E-state index in [1.54, 1.807) is 18.9 Å². The molecule has 2 radical (unpaired) electrons. The molecule has 3 rings (SSSR count). The average Bonchev–Trinajstić information content (AvgIpc) is 2.85. The fourth-order valence-corrected chi connectivity index (χ4v) is 4.97. The minimum Gasteiger partial charge on any atom is -0.497 e. The molecule has 3 nitrogen and oxygen atoms in total. The Morgan fingerprint density at radius 1 is 1.32 bits per heavy atom. The predicted octanol–water partition coefficient (Wildman–Crippen LogP) is 3.94. The van der Waals surface area contributed by atoms with Crippen LogP contribution in [0.1, 0.15) is 32.1 Å². The van der Waals surface area contributed by atoms with E-state index in [-0.39, 0.29) is 4.71 Å². The van der Waals surface area contributed by atoms with Crippen molar-refractivity contribution in [2.75, 3.05) is 12.0 Å². The summed E-state index contributed by atoms with van der Waals surface area (Å²) in [7, 11) is 1.69. The molecule has 0 amide bonds. The van der Waals surface area contributed by atoms with Crippen LogP contribution in [0.25, 0.3) is 0 Å². The maximum Gasteiger partial charge on any atom is 0.144 e. The number of fused-ring (bicyclic) bond motifs is 1. The maximum absolute atomic E-state index is 9.59. The Bertz CT molecular complexity index is 449. The second kappa shape index (κ2) is 5.85. The summed E-state index contributed by atoms with van der Waals surface area (Å²) in [6, 6.07) is 6.79. The molecule has 0 N–H and O–H groups in total. The molecule has 1 atom stereocenters. The van der Waals surface area contributed by atoms with Crippen molar-refractivity contribution in [1.29, 1.82) is 0 Å². The molecule has 0 bridgehead atoms. The summed E-state index contributed by atoms with van der Waals surface area (Å²) in [5.74, 6) is 0.887. The van der Waals surface area contributed by atoms with Gasteiger partial charge in [0, 0.05) is 10.9 Å². The van der Waals surface area contributed by atoms with Crippen LogP contribution < -0.4 is 14.8 Å². The smallest absolute Gasteiger partial charge is 0.144 e. The Kier molecular flexibility index (Phi) is 4.15. The second-order valence-electron chi connectivity index (χ2n) is 5.06. The van der Waals surface area contributed by atoms with Crippen molar-refractivity contribution in [3.63, 3.8) is 0 Å². The molecule has 1 heterocycles. The summed E-state index contributed by atoms with van der Waals surface area (Å²) in [5.41, 5.74) is 1.25. The van der Waals surface area contributed by atoms with Gasteiger partial charge in [-0.15, -0.1) is 0 Å². The molecule has 19 heavy (non-hydrogen) atoms. The predicted molar refractivity (Wildman–Crippen MR) is 81.7 cm³/mol. The van der Waals surface area contributed by atoms with Gasteiger partial charge in [0.15, 0.2) is 0 Å². The highest BCUT2D eigenvalue weighted by molar-refractivity contribution is 8.16. The molecule has 1 aromatic rings. The van der Waals surface area contributed by atoms with Crippen molar-refractivity contribution in [3.8, 4) is 5.75 Å². The van der Waals surface area contributed by atoms with Gasteiger partial charge in [0.1, 0.15) is 10.5 Å². The third kappa shape index (κ3) is 2.56. The van der Waals surface area contributed by atoms with E-state index in [0.717, 1.165) is 17.7 Å². The van der Waals surface area contributed by atoms with Gasteiger partial charge in [-0.3, -0.25) is 0 Å². The van der Waals surface area contributed by atoms with E-state index in [1.807, 2.05) is 6.07 Å². The Labute approximate surface area is 123 Å². The summed E-state index contributed by atoms with van der Waals surface area (Å²) in [4.78, 5) is 3.62. The van der Waals surface area contributed by atoms with E-state index in [9.17, 15) is 5.14 Å². The summed E-state index contributed by atoms with van der Waals surface area (Å²) in [6.07, 6.45) is 6.44. The summed E-state index contributed by atoms with van der Waals surface area (Å²) < 4.78 is 5.38. The molecular weight excluding hydrogens is 276 g/mol. The zero-order chi connectivity index (χ0) is 13.2. The summed E-state index contributed by atoms with van der Waals surface area (Å²) in [5, 5.41) is 9.59. The lowest BCUT2D eigenvalue weighted by atomic mass is 9.94. The summed E-state index contributed by atoms with van der Waals surface area (Å²) in [6.45, 7) is 0. The van der Waals surface area contributed by atoms with Crippen LogP contribution in [0.2, 0.25) is 0 Å². The Hall–Kier alpha value is -0.520. The maximum atomic E-state index is 9.59. The number of anilines is 1. The van der Waals surface area contributed by atoms with Crippen LogP contribution in [0.15, 0.2) is 23.1 Å². The number of thioether (sulfide) groups is 1. The minimum atomic E-state index is 0.0882. The quantitative estimate of drug-likeness (QED) is 0.791. The highest BCUT2D eigenvalue weighted by Gasteiger charge is 2.36. The molecule has 102 valence electrons. The van der Waals surface area contributed by atoms with E-state index in [2.05, 4.69) is 17.0 Å². The molecule has 1 aromatic carbocycles. The second-order valence-corrected chi connectivity index (χ2v) is 7.14. The molecule has 0 aromatic heterocycles. The van der Waals surface area contributed by atoms with Crippen molar-refractivity contribution in [1.82, 2.24) is 5.14 Å². The number of hydrogen-bond acceptors (Lipinski definition) is 4. The summed E-state index contributed by atoms with van der Waals surface area (Å²) >= 11 is 2.68. The van der Waals surface area contributed by atoms with E-state index in [4.69, 9.17) is 4.74 Å². The first kappa shape index (κ1) is 13.5. The lowest BCUT2D eigenvalue weighted by molar-refractivity contribution is 0.412. The zero-order valence-electron chi connectivity index (χ0n) is 11.0. The molecule has 1 fully saturated rings. The molecular formula is C14H18N2OS2. The fourth-order valence-electron chi connectivity index (χ4n) is 3.01. The van der Waals surface area contributed by atoms with Gasteiger partial charge >= 0.3 is 0 Å². The molecule has 1 aliphatic heterocycles. The monoisotopic (exact) mass is 294 g/mol. The number of ether oxygens (including phenoxy) is 1. The SMILES string of the molecule is COc1ccc2c(c1)SC(S[N])N2C1CCCCC1. The zero-order valence-corrected chi connectivity index (χ0v) is 12.7. The van der Waals surface area contributed by atoms with Crippen LogP contribution in [0.4, 0.5) is 5.69 Å².